The highest BCUT2D eigenvalue weighted by molar-refractivity contribution is 5.85. The molecule has 0 saturated heterocycles. The van der Waals surface area contributed by atoms with Crippen LogP contribution in [0.1, 0.15) is 16.7 Å². The van der Waals surface area contributed by atoms with E-state index in [9.17, 15) is 18.0 Å². The molecule has 0 atom stereocenters. The summed E-state index contributed by atoms with van der Waals surface area (Å²) in [5.41, 5.74) is 0.469. The normalized spacial score (nSPS) is 12.0. The van der Waals surface area contributed by atoms with E-state index in [1.165, 1.54) is 6.08 Å². The number of nitrogens with zero attached hydrogens (tertiary/aromatic N) is 2. The highest BCUT2D eigenvalue weighted by atomic mass is 19.4. The van der Waals surface area contributed by atoms with Crippen molar-refractivity contribution in [3.8, 4) is 0 Å². The van der Waals surface area contributed by atoms with Gasteiger partial charge in [-0.25, -0.2) is 4.79 Å². The quantitative estimate of drug-likeness (QED) is 0.882. The number of hydrogen-bond acceptors (Lipinski definition) is 2. The lowest BCUT2D eigenvalue weighted by molar-refractivity contribution is -0.137. The molecule has 2 aromatic rings. The van der Waals surface area contributed by atoms with Crippen molar-refractivity contribution in [3.05, 3.63) is 59.4 Å². The predicted molar refractivity (Wildman–Crippen MR) is 69.4 cm³/mol. The molecule has 0 saturated carbocycles. The SMILES string of the molecule is O=C(O)C=Cc1ccccc1Cn1cc(C(F)(F)F)cn1. The van der Waals surface area contributed by atoms with Gasteiger partial charge in [0.25, 0.3) is 0 Å². The maximum Gasteiger partial charge on any atom is 0.419 e. The van der Waals surface area contributed by atoms with Gasteiger partial charge in [0.05, 0.1) is 18.3 Å². The van der Waals surface area contributed by atoms with Gasteiger partial charge in [-0.3, -0.25) is 4.68 Å². The minimum atomic E-state index is -4.43. The molecule has 0 unspecified atom stereocenters. The first-order valence-electron chi connectivity index (χ1n) is 5.95. The summed E-state index contributed by atoms with van der Waals surface area (Å²) in [6.45, 7) is 0.121. The van der Waals surface area contributed by atoms with Crippen molar-refractivity contribution in [2.75, 3.05) is 0 Å². The monoisotopic (exact) mass is 296 g/mol. The third-order valence-corrected chi connectivity index (χ3v) is 2.75. The standard InChI is InChI=1S/C14H11F3N2O2/c15-14(16,17)12-7-18-19(9-12)8-11-4-2-1-3-10(11)5-6-13(20)21/h1-7,9H,8H2,(H,20,21). The van der Waals surface area contributed by atoms with E-state index in [-0.39, 0.29) is 6.54 Å². The second-order valence-corrected chi connectivity index (χ2v) is 4.29. The van der Waals surface area contributed by atoms with Crippen molar-refractivity contribution in [3.63, 3.8) is 0 Å². The fourth-order valence-corrected chi connectivity index (χ4v) is 1.77. The third kappa shape index (κ3) is 3.95. The Hall–Kier alpha value is -2.57. The van der Waals surface area contributed by atoms with E-state index in [4.69, 9.17) is 5.11 Å². The zero-order chi connectivity index (χ0) is 15.5. The number of aliphatic carboxylic acids is 1. The minimum absolute atomic E-state index is 0.121. The van der Waals surface area contributed by atoms with E-state index in [2.05, 4.69) is 5.10 Å². The Kier molecular flexibility index (Phi) is 4.11. The molecule has 0 spiro atoms. The molecule has 0 amide bonds. The summed E-state index contributed by atoms with van der Waals surface area (Å²) < 4.78 is 38.7. The van der Waals surface area contributed by atoms with Gasteiger partial charge in [0.2, 0.25) is 0 Å². The summed E-state index contributed by atoms with van der Waals surface area (Å²) in [7, 11) is 0. The Balaban J connectivity index is 2.24. The Bertz CT molecular complexity index is 675. The molecule has 0 radical (unpaired) electrons. The third-order valence-electron chi connectivity index (χ3n) is 2.75. The van der Waals surface area contributed by atoms with Gasteiger partial charge >= 0.3 is 12.1 Å². The molecular formula is C14H11F3N2O2. The van der Waals surface area contributed by atoms with Crippen molar-refractivity contribution in [1.29, 1.82) is 0 Å². The number of carboxylic acids is 1. The zero-order valence-corrected chi connectivity index (χ0v) is 10.7. The van der Waals surface area contributed by atoms with E-state index in [1.54, 1.807) is 24.3 Å². The molecular weight excluding hydrogens is 285 g/mol. The van der Waals surface area contributed by atoms with Gasteiger partial charge in [0, 0.05) is 12.3 Å². The Labute approximate surface area is 118 Å². The maximum absolute atomic E-state index is 12.5. The molecule has 0 bridgehead atoms. The van der Waals surface area contributed by atoms with Gasteiger partial charge in [-0.2, -0.15) is 18.3 Å². The van der Waals surface area contributed by atoms with Crippen molar-refractivity contribution < 1.29 is 23.1 Å². The van der Waals surface area contributed by atoms with Crippen LogP contribution in [0.5, 0.6) is 0 Å². The highest BCUT2D eigenvalue weighted by Gasteiger charge is 2.32. The van der Waals surface area contributed by atoms with E-state index < -0.39 is 17.7 Å². The molecule has 1 N–H and O–H groups in total. The number of rotatable bonds is 4. The molecule has 21 heavy (non-hydrogen) atoms. The number of benzene rings is 1. The topological polar surface area (TPSA) is 55.1 Å². The molecule has 2 rings (SSSR count). The van der Waals surface area contributed by atoms with Crippen molar-refractivity contribution in [2.24, 2.45) is 0 Å². The average molecular weight is 296 g/mol. The number of halogens is 3. The first kappa shape index (κ1) is 14.8. The maximum atomic E-state index is 12.5. The first-order chi connectivity index (χ1) is 9.86. The van der Waals surface area contributed by atoms with Gasteiger partial charge in [-0.15, -0.1) is 0 Å². The van der Waals surface area contributed by atoms with Gasteiger partial charge < -0.3 is 5.11 Å². The lowest BCUT2D eigenvalue weighted by Crippen LogP contribution is -2.04. The van der Waals surface area contributed by atoms with Gasteiger partial charge in [0.1, 0.15) is 0 Å². The van der Waals surface area contributed by atoms with E-state index >= 15 is 0 Å². The highest BCUT2D eigenvalue weighted by Crippen LogP contribution is 2.28. The largest absolute Gasteiger partial charge is 0.478 e. The van der Waals surface area contributed by atoms with Crippen molar-refractivity contribution >= 4 is 12.0 Å². The average Bonchev–Trinajstić information content (AvgIpc) is 2.86. The fourth-order valence-electron chi connectivity index (χ4n) is 1.77. The first-order valence-corrected chi connectivity index (χ1v) is 5.95. The number of carboxylic acid groups (broad SMARTS) is 1. The van der Waals surface area contributed by atoms with Crippen molar-refractivity contribution in [2.45, 2.75) is 12.7 Å². The number of carbonyl (C=O) groups is 1. The van der Waals surface area contributed by atoms with E-state index in [0.29, 0.717) is 11.1 Å². The number of hydrogen-bond donors (Lipinski definition) is 1. The van der Waals surface area contributed by atoms with E-state index in [0.717, 1.165) is 23.2 Å². The van der Waals surface area contributed by atoms with Gasteiger partial charge in [-0.1, -0.05) is 24.3 Å². The fraction of sp³-hybridized carbons (Fsp3) is 0.143. The molecule has 0 aliphatic carbocycles. The second-order valence-electron chi connectivity index (χ2n) is 4.29. The second kappa shape index (κ2) is 5.82. The van der Waals surface area contributed by atoms with Crippen LogP contribution in [0.2, 0.25) is 0 Å². The summed E-state index contributed by atoms with van der Waals surface area (Å²) in [4.78, 5) is 10.5. The number of aromatic nitrogens is 2. The summed E-state index contributed by atoms with van der Waals surface area (Å²) in [5.74, 6) is -1.09. The van der Waals surface area contributed by atoms with Crippen LogP contribution in [0.3, 0.4) is 0 Å². The smallest absolute Gasteiger partial charge is 0.419 e. The Morgan fingerprint density at radius 3 is 2.67 bits per heavy atom. The summed E-state index contributed by atoms with van der Waals surface area (Å²) >= 11 is 0. The molecule has 1 aromatic heterocycles. The predicted octanol–water partition coefficient (Wildman–Crippen LogP) is 3.05. The van der Waals surface area contributed by atoms with E-state index in [1.807, 2.05) is 0 Å². The summed E-state index contributed by atoms with van der Waals surface area (Å²) in [6.07, 6.45) is -0.386. The van der Waals surface area contributed by atoms with Crippen LogP contribution in [0.15, 0.2) is 42.7 Å². The van der Waals surface area contributed by atoms with Gasteiger partial charge in [-0.05, 0) is 17.2 Å². The molecule has 7 heteroatoms. The molecule has 0 fully saturated rings. The van der Waals surface area contributed by atoms with Crippen LogP contribution in [-0.4, -0.2) is 20.9 Å². The van der Waals surface area contributed by atoms with Gasteiger partial charge in [0.15, 0.2) is 0 Å². The molecule has 0 aliphatic rings. The molecule has 1 heterocycles. The Morgan fingerprint density at radius 2 is 2.05 bits per heavy atom. The molecule has 1 aromatic carbocycles. The summed E-state index contributed by atoms with van der Waals surface area (Å²) in [5, 5.41) is 12.3. The lowest BCUT2D eigenvalue weighted by atomic mass is 10.1. The van der Waals surface area contributed by atoms with Crippen LogP contribution < -0.4 is 0 Å². The molecule has 110 valence electrons. The van der Waals surface area contributed by atoms with Crippen LogP contribution >= 0.6 is 0 Å². The number of alkyl halides is 3. The molecule has 0 aliphatic heterocycles. The van der Waals surface area contributed by atoms with Crippen LogP contribution in [0, 0.1) is 0 Å². The van der Waals surface area contributed by atoms with Crippen LogP contribution in [0.4, 0.5) is 13.2 Å². The van der Waals surface area contributed by atoms with Crippen molar-refractivity contribution in [1.82, 2.24) is 9.78 Å². The van der Waals surface area contributed by atoms with Crippen LogP contribution in [0.25, 0.3) is 6.08 Å². The molecule has 4 nitrogen and oxygen atoms in total. The Morgan fingerprint density at radius 1 is 1.33 bits per heavy atom. The van der Waals surface area contributed by atoms with Crippen LogP contribution in [-0.2, 0) is 17.5 Å². The lowest BCUT2D eigenvalue weighted by Gasteiger charge is -2.06. The summed E-state index contributed by atoms with van der Waals surface area (Å²) in [6, 6.07) is 6.83. The minimum Gasteiger partial charge on any atom is -0.478 e. The zero-order valence-electron chi connectivity index (χ0n) is 10.7.